The fourth-order valence-corrected chi connectivity index (χ4v) is 0.959. The van der Waals surface area contributed by atoms with Crippen molar-refractivity contribution >= 4 is 17.6 Å². The van der Waals surface area contributed by atoms with Crippen LogP contribution in [-0.2, 0) is 0 Å². The van der Waals surface area contributed by atoms with E-state index in [4.69, 9.17) is 11.5 Å². The van der Waals surface area contributed by atoms with Crippen molar-refractivity contribution in [1.29, 1.82) is 0 Å². The second kappa shape index (κ2) is 4.36. The Labute approximate surface area is 81.2 Å². The average molecular weight is 194 g/mol. The smallest absolute Gasteiger partial charge is 0.165 e. The molecule has 0 saturated heterocycles. The maximum Gasteiger partial charge on any atom is 0.165 e. The van der Waals surface area contributed by atoms with Crippen molar-refractivity contribution in [1.82, 2.24) is 4.98 Å². The van der Waals surface area contributed by atoms with Gasteiger partial charge < -0.3 is 11.5 Å². The molecule has 1 rings (SSSR count). The van der Waals surface area contributed by atoms with Gasteiger partial charge in [-0.15, -0.1) is 0 Å². The van der Waals surface area contributed by atoms with Gasteiger partial charge >= 0.3 is 0 Å². The Morgan fingerprint density at radius 2 is 2.36 bits per heavy atom. The van der Waals surface area contributed by atoms with E-state index >= 15 is 0 Å². The molecule has 74 valence electrons. The maximum atomic E-state index is 13.0. The van der Waals surface area contributed by atoms with Crippen LogP contribution in [0, 0.1) is 5.82 Å². The number of nitrogens with two attached hydrogens (primary N) is 2. The first-order chi connectivity index (χ1) is 6.69. The van der Waals surface area contributed by atoms with Crippen molar-refractivity contribution < 1.29 is 4.39 Å². The summed E-state index contributed by atoms with van der Waals surface area (Å²) >= 11 is 0. The minimum atomic E-state index is -0.564. The van der Waals surface area contributed by atoms with E-state index in [1.807, 2.05) is 0 Å². The Morgan fingerprint density at radius 3 is 2.86 bits per heavy atom. The normalized spacial score (nSPS) is 12.3. The van der Waals surface area contributed by atoms with E-state index < -0.39 is 5.82 Å². The predicted octanol–water partition coefficient (Wildman–Crippen LogP) is 0.803. The van der Waals surface area contributed by atoms with E-state index in [1.165, 1.54) is 24.7 Å². The average Bonchev–Trinajstić information content (AvgIpc) is 2.19. The topological polar surface area (TPSA) is 77.3 Å². The Kier molecular flexibility index (Phi) is 3.17. The lowest BCUT2D eigenvalue weighted by Crippen LogP contribution is -1.98. The molecule has 0 unspecified atom stereocenters. The lowest BCUT2D eigenvalue weighted by atomic mass is 10.1. The fraction of sp³-hybridized carbons (Fsp3) is 0.111. The van der Waals surface area contributed by atoms with Crippen LogP contribution in [0.1, 0.15) is 5.56 Å². The molecule has 1 aromatic heterocycles. The minimum absolute atomic E-state index is 0.126. The van der Waals surface area contributed by atoms with Crippen LogP contribution in [0.15, 0.2) is 23.5 Å². The molecule has 0 aliphatic carbocycles. The SMILES string of the molecule is CN=CC(=CN)c1cnc(N)c(F)c1. The van der Waals surface area contributed by atoms with Gasteiger partial charge in [0, 0.05) is 36.8 Å². The Balaban J connectivity index is 3.13. The van der Waals surface area contributed by atoms with Crippen molar-refractivity contribution in [3.05, 3.63) is 29.8 Å². The highest BCUT2D eigenvalue weighted by atomic mass is 19.1. The van der Waals surface area contributed by atoms with Gasteiger partial charge in [-0.2, -0.15) is 0 Å². The van der Waals surface area contributed by atoms with E-state index in [9.17, 15) is 4.39 Å². The van der Waals surface area contributed by atoms with Crippen LogP contribution in [0.3, 0.4) is 0 Å². The van der Waals surface area contributed by atoms with Crippen LogP contribution in [-0.4, -0.2) is 18.2 Å². The summed E-state index contributed by atoms with van der Waals surface area (Å²) in [5.41, 5.74) is 11.7. The minimum Gasteiger partial charge on any atom is -0.404 e. The number of nitrogens with zero attached hydrogens (tertiary/aromatic N) is 2. The molecule has 0 atom stereocenters. The zero-order valence-electron chi connectivity index (χ0n) is 7.74. The number of aromatic nitrogens is 1. The van der Waals surface area contributed by atoms with Crippen molar-refractivity contribution in [2.24, 2.45) is 10.7 Å². The predicted molar refractivity (Wildman–Crippen MR) is 55.2 cm³/mol. The molecule has 0 radical (unpaired) electrons. The lowest BCUT2D eigenvalue weighted by molar-refractivity contribution is 0.627. The zero-order valence-corrected chi connectivity index (χ0v) is 7.74. The molecule has 0 aliphatic rings. The number of nitrogen functional groups attached to an aromatic ring is 1. The van der Waals surface area contributed by atoms with E-state index in [-0.39, 0.29) is 5.82 Å². The molecule has 1 heterocycles. The molecule has 0 spiro atoms. The highest BCUT2D eigenvalue weighted by Crippen LogP contribution is 2.14. The van der Waals surface area contributed by atoms with Crippen LogP contribution in [0.2, 0.25) is 0 Å². The second-order valence-corrected chi connectivity index (χ2v) is 2.60. The molecule has 4 nitrogen and oxygen atoms in total. The molecule has 0 saturated carbocycles. The van der Waals surface area contributed by atoms with Crippen molar-refractivity contribution in [2.75, 3.05) is 12.8 Å². The number of anilines is 1. The summed E-state index contributed by atoms with van der Waals surface area (Å²) in [5.74, 6) is -0.690. The summed E-state index contributed by atoms with van der Waals surface area (Å²) in [5, 5.41) is 0. The van der Waals surface area contributed by atoms with Gasteiger partial charge in [-0.3, -0.25) is 4.99 Å². The summed E-state index contributed by atoms with van der Waals surface area (Å²) in [7, 11) is 1.60. The van der Waals surface area contributed by atoms with Crippen LogP contribution in [0.5, 0.6) is 0 Å². The van der Waals surface area contributed by atoms with Crippen LogP contribution in [0.4, 0.5) is 10.2 Å². The molecular weight excluding hydrogens is 183 g/mol. The molecule has 14 heavy (non-hydrogen) atoms. The van der Waals surface area contributed by atoms with Gasteiger partial charge in [0.15, 0.2) is 11.6 Å². The number of halogens is 1. The number of allylic oxidation sites excluding steroid dienone is 1. The Morgan fingerprint density at radius 1 is 1.64 bits per heavy atom. The van der Waals surface area contributed by atoms with Crippen LogP contribution < -0.4 is 11.5 Å². The summed E-state index contributed by atoms with van der Waals surface area (Å²) in [4.78, 5) is 7.46. The van der Waals surface area contributed by atoms with Crippen LogP contribution in [0.25, 0.3) is 5.57 Å². The third-order valence-corrected chi connectivity index (χ3v) is 1.65. The molecule has 4 N–H and O–H groups in total. The number of pyridine rings is 1. The number of aliphatic imine (C=N–C) groups is 1. The number of rotatable bonds is 2. The first-order valence-electron chi connectivity index (χ1n) is 3.94. The summed E-state index contributed by atoms with van der Waals surface area (Å²) in [6.45, 7) is 0. The third-order valence-electron chi connectivity index (χ3n) is 1.65. The number of hydrogen-bond acceptors (Lipinski definition) is 4. The third kappa shape index (κ3) is 2.07. The van der Waals surface area contributed by atoms with Gasteiger partial charge in [0.1, 0.15) is 0 Å². The molecule has 0 bridgehead atoms. The highest BCUT2D eigenvalue weighted by Gasteiger charge is 2.03. The van der Waals surface area contributed by atoms with Gasteiger partial charge in [-0.05, 0) is 6.07 Å². The van der Waals surface area contributed by atoms with Gasteiger partial charge in [0.2, 0.25) is 0 Å². The Bertz CT molecular complexity index is 384. The second-order valence-electron chi connectivity index (χ2n) is 2.60. The zero-order chi connectivity index (χ0) is 10.6. The largest absolute Gasteiger partial charge is 0.404 e. The van der Waals surface area contributed by atoms with Crippen LogP contribution >= 0.6 is 0 Å². The van der Waals surface area contributed by atoms with E-state index in [0.29, 0.717) is 11.1 Å². The molecule has 0 amide bonds. The summed E-state index contributed by atoms with van der Waals surface area (Å²) in [6.07, 6.45) is 4.30. The molecule has 0 fully saturated rings. The maximum absolute atomic E-state index is 13.0. The molecule has 1 aromatic rings. The Hall–Kier alpha value is -1.91. The monoisotopic (exact) mass is 194 g/mol. The molecule has 0 aromatic carbocycles. The van der Waals surface area contributed by atoms with Gasteiger partial charge in [-0.25, -0.2) is 9.37 Å². The highest BCUT2D eigenvalue weighted by molar-refractivity contribution is 6.09. The van der Waals surface area contributed by atoms with Gasteiger partial charge in [-0.1, -0.05) is 0 Å². The fourth-order valence-electron chi connectivity index (χ4n) is 0.959. The lowest BCUT2D eigenvalue weighted by Gasteiger charge is -2.01. The van der Waals surface area contributed by atoms with Gasteiger partial charge in [0.05, 0.1) is 0 Å². The van der Waals surface area contributed by atoms with Crippen molar-refractivity contribution in [3.8, 4) is 0 Å². The molecule has 0 aliphatic heterocycles. The molecular formula is C9H11FN4. The standard InChI is InChI=1S/C9H11FN4/c1-13-4-7(3-11)6-2-8(10)9(12)14-5-6/h2-5H,11H2,1H3,(H2,12,14). The van der Waals surface area contributed by atoms with Gasteiger partial charge in [0.25, 0.3) is 0 Å². The van der Waals surface area contributed by atoms with Crippen molar-refractivity contribution in [3.63, 3.8) is 0 Å². The first kappa shape index (κ1) is 10.2. The van der Waals surface area contributed by atoms with E-state index in [2.05, 4.69) is 9.98 Å². The van der Waals surface area contributed by atoms with Crippen molar-refractivity contribution in [2.45, 2.75) is 0 Å². The quantitative estimate of drug-likeness (QED) is 0.683. The van der Waals surface area contributed by atoms with E-state index in [1.54, 1.807) is 7.05 Å². The summed E-state index contributed by atoms with van der Waals surface area (Å²) in [6, 6.07) is 1.27. The molecule has 5 heteroatoms. The summed E-state index contributed by atoms with van der Waals surface area (Å²) < 4.78 is 13.0. The number of hydrogen-bond donors (Lipinski definition) is 2. The first-order valence-corrected chi connectivity index (χ1v) is 3.94. The van der Waals surface area contributed by atoms with E-state index in [0.717, 1.165) is 0 Å².